The van der Waals surface area contributed by atoms with E-state index in [4.69, 9.17) is 18.9 Å². The summed E-state index contributed by atoms with van der Waals surface area (Å²) in [6.07, 6.45) is -0.508. The number of amides is 1. The average molecular weight is 652 g/mol. The molecule has 9 N–H and O–H groups in total. The number of unbranched alkanes of at least 4 members (excludes halogenated alkanes) is 10. The Hall–Kier alpha value is -1.27. The molecule has 0 aromatic carbocycles. The number of hydrogen-bond acceptors (Lipinski definition) is 13. The minimum absolute atomic E-state index is 0.311. The molecule has 0 spiro atoms. The number of nitrogens with one attached hydrogen (secondary N) is 1. The lowest BCUT2D eigenvalue weighted by Gasteiger charge is -2.46. The Bertz CT molecular complexity index is 831. The van der Waals surface area contributed by atoms with Crippen molar-refractivity contribution >= 4 is 5.91 Å². The van der Waals surface area contributed by atoms with Gasteiger partial charge < -0.3 is 65.1 Å². The van der Waals surface area contributed by atoms with Crippen molar-refractivity contribution < 1.29 is 64.6 Å². The molecule has 0 radical (unpaired) electrons. The molecule has 45 heavy (non-hydrogen) atoms. The lowest BCUT2D eigenvalue weighted by molar-refractivity contribution is -0.359. The molecule has 264 valence electrons. The van der Waals surface area contributed by atoms with Crippen LogP contribution in [-0.4, -0.2) is 140 Å². The molecule has 2 saturated heterocycles. The minimum atomic E-state index is -1.78. The van der Waals surface area contributed by atoms with E-state index in [9.17, 15) is 45.6 Å². The first-order chi connectivity index (χ1) is 21.5. The van der Waals surface area contributed by atoms with Crippen LogP contribution in [-0.2, 0) is 23.7 Å². The fraction of sp³-hybridized carbons (Fsp3) is 0.903. The van der Waals surface area contributed by atoms with Gasteiger partial charge in [0, 0.05) is 6.92 Å². The molecule has 12 unspecified atom stereocenters. The molecule has 0 aliphatic carbocycles. The largest absolute Gasteiger partial charge is 0.394 e. The molecule has 2 heterocycles. The van der Waals surface area contributed by atoms with Gasteiger partial charge in [-0.25, -0.2) is 0 Å². The number of hydrogen-bond donors (Lipinski definition) is 9. The van der Waals surface area contributed by atoms with Crippen LogP contribution in [0.3, 0.4) is 0 Å². The summed E-state index contributed by atoms with van der Waals surface area (Å²) >= 11 is 0. The van der Waals surface area contributed by atoms with E-state index in [2.05, 4.69) is 12.2 Å². The van der Waals surface area contributed by atoms with Gasteiger partial charge in [-0.2, -0.15) is 0 Å². The maximum atomic E-state index is 11.8. The summed E-state index contributed by atoms with van der Waals surface area (Å²) in [5, 5.41) is 84.4. The van der Waals surface area contributed by atoms with E-state index >= 15 is 0 Å². The SMILES string of the molecule is CCCCCCCCCCCC/C=C/C(O)C(COC1OC(CO)C(OC2OC(CO)C(O)C(O)C2O)C(O)C1O)NC(C)=O. The smallest absolute Gasteiger partial charge is 0.217 e. The molecule has 14 heteroatoms. The Morgan fingerprint density at radius 2 is 1.33 bits per heavy atom. The van der Waals surface area contributed by atoms with Crippen molar-refractivity contribution in [2.75, 3.05) is 19.8 Å². The number of aliphatic hydroxyl groups excluding tert-OH is 8. The third-order valence-corrected chi connectivity index (χ3v) is 8.26. The maximum absolute atomic E-state index is 11.8. The summed E-state index contributed by atoms with van der Waals surface area (Å²) in [7, 11) is 0. The third-order valence-electron chi connectivity index (χ3n) is 8.26. The van der Waals surface area contributed by atoms with E-state index in [0.717, 1.165) is 19.3 Å². The molecule has 2 aliphatic heterocycles. The Kier molecular flexibility index (Phi) is 19.1. The van der Waals surface area contributed by atoms with Gasteiger partial charge in [0.05, 0.1) is 32.0 Å². The molecule has 0 saturated carbocycles. The van der Waals surface area contributed by atoms with Crippen molar-refractivity contribution in [1.29, 1.82) is 0 Å². The molecule has 2 aliphatic rings. The zero-order valence-electron chi connectivity index (χ0n) is 26.6. The molecule has 2 rings (SSSR count). The summed E-state index contributed by atoms with van der Waals surface area (Å²) in [4.78, 5) is 11.8. The number of aliphatic hydroxyl groups is 8. The quantitative estimate of drug-likeness (QED) is 0.0557. The van der Waals surface area contributed by atoms with Crippen LogP contribution in [0.15, 0.2) is 12.2 Å². The zero-order valence-corrected chi connectivity index (χ0v) is 26.6. The van der Waals surface area contributed by atoms with Gasteiger partial charge in [-0.05, 0) is 12.8 Å². The third kappa shape index (κ3) is 13.0. The van der Waals surface area contributed by atoms with Gasteiger partial charge in [0.25, 0.3) is 0 Å². The monoisotopic (exact) mass is 651 g/mol. The van der Waals surface area contributed by atoms with Crippen LogP contribution in [0.5, 0.6) is 0 Å². The number of rotatable bonds is 21. The van der Waals surface area contributed by atoms with E-state index in [0.29, 0.717) is 0 Å². The van der Waals surface area contributed by atoms with Crippen LogP contribution in [0, 0.1) is 0 Å². The van der Waals surface area contributed by atoms with E-state index in [1.165, 1.54) is 58.3 Å². The van der Waals surface area contributed by atoms with Crippen molar-refractivity contribution in [3.63, 3.8) is 0 Å². The number of ether oxygens (including phenoxy) is 4. The standard InChI is InChI=1S/C31H57NO13/c1-3-4-5-6-7-8-9-10-11-12-13-14-15-21(36)20(32-19(2)35)18-42-30-28(41)26(39)29(23(17-34)44-30)45-31-27(40)25(38)24(37)22(16-33)43-31/h14-15,20-31,33-34,36-41H,3-13,16-18H2,1-2H3,(H,32,35)/b15-14+. The van der Waals surface area contributed by atoms with Crippen molar-refractivity contribution in [2.24, 2.45) is 0 Å². The van der Waals surface area contributed by atoms with Crippen LogP contribution in [0.25, 0.3) is 0 Å². The molecular formula is C31H57NO13. The molecular weight excluding hydrogens is 594 g/mol. The minimum Gasteiger partial charge on any atom is -0.394 e. The molecule has 1 amide bonds. The Morgan fingerprint density at radius 1 is 0.778 bits per heavy atom. The summed E-state index contributed by atoms with van der Waals surface area (Å²) in [5.41, 5.74) is 0. The van der Waals surface area contributed by atoms with Gasteiger partial charge >= 0.3 is 0 Å². The lowest BCUT2D eigenvalue weighted by atomic mass is 9.97. The molecule has 0 bridgehead atoms. The lowest BCUT2D eigenvalue weighted by Crippen LogP contribution is -2.65. The Morgan fingerprint density at radius 3 is 1.91 bits per heavy atom. The first kappa shape index (κ1) is 39.9. The predicted molar refractivity (Wildman–Crippen MR) is 162 cm³/mol. The van der Waals surface area contributed by atoms with Gasteiger partial charge in [-0.1, -0.05) is 76.9 Å². The van der Waals surface area contributed by atoms with Crippen molar-refractivity contribution in [1.82, 2.24) is 5.32 Å². The van der Waals surface area contributed by atoms with Crippen LogP contribution in [0.1, 0.15) is 84.5 Å². The molecule has 0 aromatic rings. The second kappa shape index (κ2) is 21.6. The maximum Gasteiger partial charge on any atom is 0.217 e. The zero-order chi connectivity index (χ0) is 33.4. The predicted octanol–water partition coefficient (Wildman–Crippen LogP) is -0.640. The molecule has 2 fully saturated rings. The topological polar surface area (TPSA) is 228 Å². The fourth-order valence-corrected chi connectivity index (χ4v) is 5.50. The number of carbonyl (C=O) groups is 1. The second-order valence-electron chi connectivity index (χ2n) is 12.0. The first-order valence-corrected chi connectivity index (χ1v) is 16.4. The van der Waals surface area contributed by atoms with Gasteiger partial charge in [-0.3, -0.25) is 4.79 Å². The van der Waals surface area contributed by atoms with E-state index < -0.39 is 92.7 Å². The van der Waals surface area contributed by atoms with Gasteiger partial charge in [0.15, 0.2) is 12.6 Å². The van der Waals surface area contributed by atoms with Crippen molar-refractivity contribution in [3.05, 3.63) is 12.2 Å². The number of allylic oxidation sites excluding steroid dienone is 1. The second-order valence-corrected chi connectivity index (χ2v) is 12.0. The van der Waals surface area contributed by atoms with Crippen LogP contribution < -0.4 is 5.32 Å². The molecule has 14 nitrogen and oxygen atoms in total. The summed E-state index contributed by atoms with van der Waals surface area (Å²) in [5.74, 6) is -0.419. The van der Waals surface area contributed by atoms with Crippen LogP contribution >= 0.6 is 0 Å². The molecule has 12 atom stereocenters. The first-order valence-electron chi connectivity index (χ1n) is 16.4. The Labute approximate surface area is 266 Å². The van der Waals surface area contributed by atoms with Crippen LogP contribution in [0.4, 0.5) is 0 Å². The summed E-state index contributed by atoms with van der Waals surface area (Å²) in [6, 6.07) is -0.907. The van der Waals surface area contributed by atoms with E-state index in [1.807, 2.05) is 6.08 Å². The van der Waals surface area contributed by atoms with Crippen molar-refractivity contribution in [2.45, 2.75) is 158 Å². The number of carbonyl (C=O) groups excluding carboxylic acids is 1. The summed E-state index contributed by atoms with van der Waals surface area (Å²) in [6.45, 7) is 1.77. The highest BCUT2D eigenvalue weighted by atomic mass is 16.7. The Balaban J connectivity index is 1.85. The highest BCUT2D eigenvalue weighted by Gasteiger charge is 2.50. The highest BCUT2D eigenvalue weighted by molar-refractivity contribution is 5.73. The normalized spacial score (nSPS) is 33.7. The van der Waals surface area contributed by atoms with Gasteiger partial charge in [-0.15, -0.1) is 0 Å². The molecule has 0 aromatic heterocycles. The fourth-order valence-electron chi connectivity index (χ4n) is 5.50. The van der Waals surface area contributed by atoms with Gasteiger partial charge in [0.2, 0.25) is 5.91 Å². The van der Waals surface area contributed by atoms with Gasteiger partial charge in [0.1, 0.15) is 48.8 Å². The van der Waals surface area contributed by atoms with Crippen molar-refractivity contribution in [3.8, 4) is 0 Å². The van der Waals surface area contributed by atoms with E-state index in [1.54, 1.807) is 6.08 Å². The summed E-state index contributed by atoms with van der Waals surface area (Å²) < 4.78 is 22.1. The highest BCUT2D eigenvalue weighted by Crippen LogP contribution is 2.29. The van der Waals surface area contributed by atoms with E-state index in [-0.39, 0.29) is 6.61 Å². The van der Waals surface area contributed by atoms with Crippen LogP contribution in [0.2, 0.25) is 0 Å². The average Bonchev–Trinajstić information content (AvgIpc) is 3.02.